The third-order valence-corrected chi connectivity index (χ3v) is 2.67. The predicted molar refractivity (Wildman–Crippen MR) is 58.1 cm³/mol. The van der Waals surface area contributed by atoms with E-state index >= 15 is 0 Å². The van der Waals surface area contributed by atoms with E-state index in [1.807, 2.05) is 25.1 Å². The minimum absolute atomic E-state index is 0.225. The molecule has 0 amide bonds. The fourth-order valence-electron chi connectivity index (χ4n) is 1.22. The van der Waals surface area contributed by atoms with Gasteiger partial charge in [0.15, 0.2) is 0 Å². The molecule has 0 aliphatic heterocycles. The van der Waals surface area contributed by atoms with Crippen molar-refractivity contribution in [1.29, 1.82) is 5.41 Å². The van der Waals surface area contributed by atoms with E-state index < -0.39 is 0 Å². The van der Waals surface area contributed by atoms with Crippen LogP contribution in [0, 0.1) is 5.41 Å². The van der Waals surface area contributed by atoms with Crippen molar-refractivity contribution in [2.75, 3.05) is 6.61 Å². The molecule has 3 nitrogen and oxygen atoms in total. The zero-order chi connectivity index (χ0) is 9.97. The van der Waals surface area contributed by atoms with Gasteiger partial charge in [-0.3, -0.25) is 5.41 Å². The molecule has 0 unspecified atom stereocenters. The standard InChI is InChI=1S/C10H10N2OS/c1-2-13-10(11)7-3-4-8-9(5-7)14-6-12-8/h3-6,11H,2H2,1H3. The average molecular weight is 206 g/mol. The molecule has 0 saturated heterocycles. The zero-order valence-corrected chi connectivity index (χ0v) is 8.60. The molecule has 14 heavy (non-hydrogen) atoms. The van der Waals surface area contributed by atoms with Crippen molar-refractivity contribution < 1.29 is 4.74 Å². The van der Waals surface area contributed by atoms with E-state index in [4.69, 9.17) is 10.1 Å². The zero-order valence-electron chi connectivity index (χ0n) is 7.78. The van der Waals surface area contributed by atoms with Gasteiger partial charge < -0.3 is 4.74 Å². The molecule has 0 aliphatic rings. The van der Waals surface area contributed by atoms with Crippen LogP contribution in [-0.2, 0) is 4.74 Å². The summed E-state index contributed by atoms with van der Waals surface area (Å²) in [6, 6.07) is 5.71. The number of hydrogen-bond acceptors (Lipinski definition) is 4. The lowest BCUT2D eigenvalue weighted by molar-refractivity contribution is 0.325. The Kier molecular flexibility index (Phi) is 2.45. The van der Waals surface area contributed by atoms with Crippen molar-refractivity contribution in [1.82, 2.24) is 4.98 Å². The van der Waals surface area contributed by atoms with Crippen molar-refractivity contribution in [3.05, 3.63) is 29.3 Å². The summed E-state index contributed by atoms with van der Waals surface area (Å²) in [5.41, 5.74) is 3.59. The molecule has 0 bridgehead atoms. The van der Waals surface area contributed by atoms with Crippen LogP contribution in [0.2, 0.25) is 0 Å². The number of benzene rings is 1. The highest BCUT2D eigenvalue weighted by Gasteiger charge is 2.03. The number of hydrogen-bond donors (Lipinski definition) is 1. The van der Waals surface area contributed by atoms with Gasteiger partial charge >= 0.3 is 0 Å². The molecular formula is C10H10N2OS. The Morgan fingerprint density at radius 2 is 2.43 bits per heavy atom. The summed E-state index contributed by atoms with van der Waals surface area (Å²) in [6.07, 6.45) is 0. The number of nitrogens with one attached hydrogen (secondary N) is 1. The SMILES string of the molecule is CCOC(=N)c1ccc2ncsc2c1. The van der Waals surface area contributed by atoms with E-state index in [9.17, 15) is 0 Å². The number of ether oxygens (including phenoxy) is 1. The number of rotatable bonds is 2. The summed E-state index contributed by atoms with van der Waals surface area (Å²) in [5.74, 6) is 0.225. The Balaban J connectivity index is 2.38. The topological polar surface area (TPSA) is 46.0 Å². The van der Waals surface area contributed by atoms with Crippen LogP contribution in [0.5, 0.6) is 0 Å². The van der Waals surface area contributed by atoms with E-state index in [-0.39, 0.29) is 5.90 Å². The maximum atomic E-state index is 7.62. The summed E-state index contributed by atoms with van der Waals surface area (Å²) in [5, 5.41) is 7.62. The lowest BCUT2D eigenvalue weighted by atomic mass is 10.2. The van der Waals surface area contributed by atoms with Gasteiger partial charge in [-0.05, 0) is 25.1 Å². The smallest absolute Gasteiger partial charge is 0.213 e. The lowest BCUT2D eigenvalue weighted by Gasteiger charge is -2.03. The molecular weight excluding hydrogens is 196 g/mol. The minimum Gasteiger partial charge on any atom is -0.478 e. The highest BCUT2D eigenvalue weighted by Crippen LogP contribution is 2.19. The summed E-state index contributed by atoms with van der Waals surface area (Å²) in [4.78, 5) is 4.17. The van der Waals surface area contributed by atoms with Crippen LogP contribution in [-0.4, -0.2) is 17.5 Å². The van der Waals surface area contributed by atoms with Crippen LogP contribution >= 0.6 is 11.3 Å². The largest absolute Gasteiger partial charge is 0.478 e. The van der Waals surface area contributed by atoms with E-state index in [2.05, 4.69) is 4.98 Å². The van der Waals surface area contributed by atoms with Crippen molar-refractivity contribution in [2.45, 2.75) is 6.92 Å². The number of thiazole rings is 1. The molecule has 2 aromatic rings. The molecule has 0 spiro atoms. The summed E-state index contributed by atoms with van der Waals surface area (Å²) < 4.78 is 6.21. The minimum atomic E-state index is 0.225. The molecule has 1 aromatic carbocycles. The molecule has 1 aromatic heterocycles. The highest BCUT2D eigenvalue weighted by atomic mass is 32.1. The van der Waals surface area contributed by atoms with Crippen LogP contribution in [0.3, 0.4) is 0 Å². The maximum absolute atomic E-state index is 7.62. The van der Waals surface area contributed by atoms with Gasteiger partial charge in [0.1, 0.15) is 0 Å². The second-order valence-corrected chi connectivity index (χ2v) is 3.68. The van der Waals surface area contributed by atoms with Crippen LogP contribution in [0.15, 0.2) is 23.7 Å². The molecule has 0 saturated carbocycles. The van der Waals surface area contributed by atoms with Crippen LogP contribution in [0.25, 0.3) is 10.2 Å². The van der Waals surface area contributed by atoms with Crippen molar-refractivity contribution in [3.63, 3.8) is 0 Å². The Hall–Kier alpha value is -1.42. The second-order valence-electron chi connectivity index (χ2n) is 2.80. The molecule has 0 aliphatic carbocycles. The van der Waals surface area contributed by atoms with E-state index in [0.717, 1.165) is 15.8 Å². The third kappa shape index (κ3) is 1.61. The molecule has 2 rings (SSSR count). The predicted octanol–water partition coefficient (Wildman–Crippen LogP) is 2.66. The number of nitrogens with zero attached hydrogens (tertiary/aromatic N) is 1. The Morgan fingerprint density at radius 3 is 3.21 bits per heavy atom. The summed E-state index contributed by atoms with van der Waals surface area (Å²) >= 11 is 1.57. The van der Waals surface area contributed by atoms with Gasteiger partial charge in [-0.25, -0.2) is 4.98 Å². The van der Waals surface area contributed by atoms with E-state index in [1.165, 1.54) is 0 Å². The van der Waals surface area contributed by atoms with Crippen molar-refractivity contribution in [2.24, 2.45) is 0 Å². The summed E-state index contributed by atoms with van der Waals surface area (Å²) in [6.45, 7) is 2.40. The third-order valence-electron chi connectivity index (χ3n) is 1.88. The van der Waals surface area contributed by atoms with Crippen LogP contribution < -0.4 is 0 Å². The molecule has 1 N–H and O–H groups in total. The van der Waals surface area contributed by atoms with Crippen molar-refractivity contribution in [3.8, 4) is 0 Å². The van der Waals surface area contributed by atoms with Gasteiger partial charge in [-0.2, -0.15) is 0 Å². The maximum Gasteiger partial charge on any atom is 0.213 e. The molecule has 4 heteroatoms. The molecule has 0 fully saturated rings. The Labute approximate surface area is 85.9 Å². The normalized spacial score (nSPS) is 10.4. The second kappa shape index (κ2) is 3.75. The van der Waals surface area contributed by atoms with Crippen LogP contribution in [0.4, 0.5) is 0 Å². The van der Waals surface area contributed by atoms with Crippen molar-refractivity contribution >= 4 is 27.5 Å². The van der Waals surface area contributed by atoms with Gasteiger partial charge in [0.25, 0.3) is 0 Å². The fourth-order valence-corrected chi connectivity index (χ4v) is 1.94. The van der Waals surface area contributed by atoms with Crippen LogP contribution in [0.1, 0.15) is 12.5 Å². The van der Waals surface area contributed by atoms with Gasteiger partial charge in [-0.1, -0.05) is 0 Å². The molecule has 1 heterocycles. The first-order chi connectivity index (χ1) is 6.81. The Morgan fingerprint density at radius 1 is 1.57 bits per heavy atom. The average Bonchev–Trinajstić information content (AvgIpc) is 2.64. The van der Waals surface area contributed by atoms with Gasteiger partial charge in [0.2, 0.25) is 5.90 Å². The van der Waals surface area contributed by atoms with E-state index in [0.29, 0.717) is 6.61 Å². The Bertz CT molecular complexity index is 464. The number of fused-ring (bicyclic) bond motifs is 1. The number of aromatic nitrogens is 1. The first-order valence-electron chi connectivity index (χ1n) is 4.36. The van der Waals surface area contributed by atoms with Gasteiger partial charge in [-0.15, -0.1) is 11.3 Å². The molecule has 0 atom stereocenters. The quantitative estimate of drug-likeness (QED) is 0.606. The van der Waals surface area contributed by atoms with Gasteiger partial charge in [0.05, 0.1) is 22.3 Å². The first kappa shape index (κ1) is 9.15. The first-order valence-corrected chi connectivity index (χ1v) is 5.24. The highest BCUT2D eigenvalue weighted by molar-refractivity contribution is 7.16. The molecule has 0 radical (unpaired) electrons. The van der Waals surface area contributed by atoms with E-state index in [1.54, 1.807) is 16.8 Å². The lowest BCUT2D eigenvalue weighted by Crippen LogP contribution is -2.03. The van der Waals surface area contributed by atoms with Gasteiger partial charge in [0, 0.05) is 5.56 Å². The monoisotopic (exact) mass is 206 g/mol. The summed E-state index contributed by atoms with van der Waals surface area (Å²) in [7, 11) is 0. The fraction of sp³-hybridized carbons (Fsp3) is 0.200. The molecule has 72 valence electrons.